The average molecular weight is 383 g/mol. The molecule has 5 atom stereocenters. The van der Waals surface area contributed by atoms with E-state index in [1.54, 1.807) is 6.08 Å². The predicted octanol–water partition coefficient (Wildman–Crippen LogP) is 3.82. The molecule has 1 aliphatic rings. The van der Waals surface area contributed by atoms with Crippen molar-refractivity contribution in [2.24, 2.45) is 11.8 Å². The van der Waals surface area contributed by atoms with Crippen molar-refractivity contribution in [2.45, 2.75) is 95.9 Å². The first-order chi connectivity index (χ1) is 13.0. The Morgan fingerprint density at radius 3 is 2.52 bits per heavy atom. The van der Waals surface area contributed by atoms with Crippen LogP contribution in [0.5, 0.6) is 0 Å². The summed E-state index contributed by atoms with van der Waals surface area (Å²) in [6.45, 7) is 2.18. The molecule has 0 heterocycles. The van der Waals surface area contributed by atoms with E-state index in [1.165, 1.54) is 19.3 Å². The lowest BCUT2D eigenvalue weighted by atomic mass is 9.89. The van der Waals surface area contributed by atoms with Crippen LogP contribution in [0.15, 0.2) is 24.3 Å². The van der Waals surface area contributed by atoms with Crippen LogP contribution in [0.3, 0.4) is 0 Å². The number of unbranched alkanes of at least 4 members (excludes halogenated alkanes) is 5. The van der Waals surface area contributed by atoms with Gasteiger partial charge in [-0.3, -0.25) is 4.79 Å². The number of carboxylic acid groups (broad SMARTS) is 1. The van der Waals surface area contributed by atoms with Gasteiger partial charge in [-0.25, -0.2) is 0 Å². The number of aliphatic hydroxyl groups excluding tert-OH is 3. The molecular formula is C22H38O5. The van der Waals surface area contributed by atoms with Crippen molar-refractivity contribution in [1.29, 1.82) is 0 Å². The topological polar surface area (TPSA) is 98.0 Å². The van der Waals surface area contributed by atoms with Crippen LogP contribution >= 0.6 is 0 Å². The molecule has 4 N–H and O–H groups in total. The maximum atomic E-state index is 10.5. The fourth-order valence-corrected chi connectivity index (χ4v) is 3.76. The summed E-state index contributed by atoms with van der Waals surface area (Å²) < 4.78 is 0. The van der Waals surface area contributed by atoms with Gasteiger partial charge in [-0.15, -0.1) is 0 Å². The molecule has 0 aliphatic heterocycles. The summed E-state index contributed by atoms with van der Waals surface area (Å²) in [5.41, 5.74) is 0. The molecular weight excluding hydrogens is 344 g/mol. The third-order valence-electron chi connectivity index (χ3n) is 5.41. The third-order valence-corrected chi connectivity index (χ3v) is 5.41. The summed E-state index contributed by atoms with van der Waals surface area (Å²) in [5, 5.41) is 39.2. The number of hydrogen-bond donors (Lipinski definition) is 4. The first-order valence-corrected chi connectivity index (χ1v) is 10.5. The van der Waals surface area contributed by atoms with E-state index in [0.717, 1.165) is 19.3 Å². The van der Waals surface area contributed by atoms with Gasteiger partial charge in [-0.2, -0.15) is 0 Å². The highest BCUT2D eigenvalue weighted by molar-refractivity contribution is 5.66. The van der Waals surface area contributed by atoms with Crippen molar-refractivity contribution in [3.63, 3.8) is 0 Å². The summed E-state index contributed by atoms with van der Waals surface area (Å²) >= 11 is 0. The zero-order chi connectivity index (χ0) is 20.1. The molecule has 5 nitrogen and oxygen atoms in total. The second kappa shape index (κ2) is 13.9. The summed E-state index contributed by atoms with van der Waals surface area (Å²) in [6, 6.07) is 0. The number of carbonyl (C=O) groups is 1. The van der Waals surface area contributed by atoms with Gasteiger partial charge in [0, 0.05) is 18.8 Å². The van der Waals surface area contributed by atoms with Gasteiger partial charge >= 0.3 is 5.97 Å². The lowest BCUT2D eigenvalue weighted by molar-refractivity contribution is -0.137. The van der Waals surface area contributed by atoms with Crippen LogP contribution in [-0.4, -0.2) is 44.7 Å². The highest BCUT2D eigenvalue weighted by Gasteiger charge is 2.39. The minimum atomic E-state index is -0.785. The SMILES string of the molecule is CCCCCCCC(O)/C=C/[C@H]1C(O)CC(O)C1C/C=C\CCCC(=O)O. The summed E-state index contributed by atoms with van der Waals surface area (Å²) in [5.74, 6) is -1.01. The number of carboxylic acids is 1. The number of rotatable bonds is 14. The van der Waals surface area contributed by atoms with Gasteiger partial charge in [0.15, 0.2) is 0 Å². The van der Waals surface area contributed by atoms with Crippen LogP contribution in [0.1, 0.15) is 77.6 Å². The number of aliphatic hydroxyl groups is 3. The molecule has 0 aromatic heterocycles. The van der Waals surface area contributed by atoms with Crippen molar-refractivity contribution < 1.29 is 25.2 Å². The van der Waals surface area contributed by atoms with Gasteiger partial charge < -0.3 is 20.4 Å². The fourth-order valence-electron chi connectivity index (χ4n) is 3.76. The van der Waals surface area contributed by atoms with Gasteiger partial charge in [0.1, 0.15) is 0 Å². The van der Waals surface area contributed by atoms with E-state index in [0.29, 0.717) is 25.7 Å². The van der Waals surface area contributed by atoms with E-state index in [1.807, 2.05) is 18.2 Å². The highest BCUT2D eigenvalue weighted by Crippen LogP contribution is 2.36. The minimum absolute atomic E-state index is 0.0660. The monoisotopic (exact) mass is 382 g/mol. The quantitative estimate of drug-likeness (QED) is 0.270. The Bertz CT molecular complexity index is 460. The van der Waals surface area contributed by atoms with Crippen molar-refractivity contribution in [2.75, 3.05) is 0 Å². The van der Waals surface area contributed by atoms with Crippen LogP contribution in [0.25, 0.3) is 0 Å². The Kier molecular flexibility index (Phi) is 12.3. The van der Waals surface area contributed by atoms with E-state index >= 15 is 0 Å². The molecule has 1 fully saturated rings. The Morgan fingerprint density at radius 2 is 1.81 bits per heavy atom. The van der Waals surface area contributed by atoms with Crippen LogP contribution in [0.4, 0.5) is 0 Å². The third kappa shape index (κ3) is 10.1. The van der Waals surface area contributed by atoms with E-state index in [2.05, 4.69) is 6.92 Å². The maximum absolute atomic E-state index is 10.5. The van der Waals surface area contributed by atoms with E-state index < -0.39 is 24.3 Å². The van der Waals surface area contributed by atoms with Crippen molar-refractivity contribution in [3.8, 4) is 0 Å². The molecule has 0 bridgehead atoms. The van der Waals surface area contributed by atoms with Gasteiger partial charge in [0.2, 0.25) is 0 Å². The highest BCUT2D eigenvalue weighted by atomic mass is 16.4. The maximum Gasteiger partial charge on any atom is 0.303 e. The molecule has 1 aliphatic carbocycles. The molecule has 0 radical (unpaired) electrons. The number of allylic oxidation sites excluding steroid dienone is 2. The summed E-state index contributed by atoms with van der Waals surface area (Å²) in [4.78, 5) is 10.5. The van der Waals surface area contributed by atoms with E-state index in [4.69, 9.17) is 5.11 Å². The molecule has 27 heavy (non-hydrogen) atoms. The van der Waals surface area contributed by atoms with Crippen molar-refractivity contribution >= 4 is 5.97 Å². The second-order valence-electron chi connectivity index (χ2n) is 7.76. The Balaban J connectivity index is 2.41. The normalized spacial score (nSPS) is 27.0. The molecule has 0 amide bonds. The average Bonchev–Trinajstić information content (AvgIpc) is 2.88. The molecule has 156 valence electrons. The van der Waals surface area contributed by atoms with Crippen LogP contribution in [0, 0.1) is 11.8 Å². The molecule has 5 heteroatoms. The van der Waals surface area contributed by atoms with Gasteiger partial charge in [-0.05, 0) is 31.6 Å². The number of aliphatic carboxylic acids is 1. The van der Waals surface area contributed by atoms with Crippen LogP contribution in [-0.2, 0) is 4.79 Å². The molecule has 1 saturated carbocycles. The first kappa shape index (κ1) is 23.9. The molecule has 0 spiro atoms. The van der Waals surface area contributed by atoms with Crippen molar-refractivity contribution in [1.82, 2.24) is 0 Å². The molecule has 1 rings (SSSR count). The first-order valence-electron chi connectivity index (χ1n) is 10.5. The van der Waals surface area contributed by atoms with Gasteiger partial charge in [-0.1, -0.05) is 63.3 Å². The van der Waals surface area contributed by atoms with Gasteiger partial charge in [0.25, 0.3) is 0 Å². The standard InChI is InChI=1S/C22H38O5/c1-2-3-4-5-8-11-17(23)14-15-19-18(20(24)16-21(19)25)12-9-6-7-10-13-22(26)27/h6,9,14-15,17-21,23-25H,2-5,7-8,10-13,16H2,1H3,(H,26,27)/b9-6-,15-14+/t17?,18?,19-,20?,21?/m1/s1. The van der Waals surface area contributed by atoms with E-state index in [9.17, 15) is 20.1 Å². The predicted molar refractivity (Wildman–Crippen MR) is 107 cm³/mol. The zero-order valence-corrected chi connectivity index (χ0v) is 16.7. The van der Waals surface area contributed by atoms with Crippen LogP contribution in [0.2, 0.25) is 0 Å². The second-order valence-corrected chi connectivity index (χ2v) is 7.76. The molecule has 0 aromatic rings. The Morgan fingerprint density at radius 1 is 1.07 bits per heavy atom. The lowest BCUT2D eigenvalue weighted by Crippen LogP contribution is -2.20. The molecule has 0 saturated heterocycles. The minimum Gasteiger partial charge on any atom is -0.481 e. The van der Waals surface area contributed by atoms with Crippen LogP contribution < -0.4 is 0 Å². The largest absolute Gasteiger partial charge is 0.481 e. The fraction of sp³-hybridized carbons (Fsp3) is 0.773. The Labute approximate surface area is 163 Å². The molecule has 0 aromatic carbocycles. The summed E-state index contributed by atoms with van der Waals surface area (Å²) in [7, 11) is 0. The zero-order valence-electron chi connectivity index (χ0n) is 16.7. The van der Waals surface area contributed by atoms with Gasteiger partial charge in [0.05, 0.1) is 18.3 Å². The number of hydrogen-bond acceptors (Lipinski definition) is 4. The van der Waals surface area contributed by atoms with Crippen molar-refractivity contribution in [3.05, 3.63) is 24.3 Å². The van der Waals surface area contributed by atoms with E-state index in [-0.39, 0.29) is 18.3 Å². The Hall–Kier alpha value is -1.17. The molecule has 4 unspecified atom stereocenters. The summed E-state index contributed by atoms with van der Waals surface area (Å²) in [6.07, 6.45) is 15.0. The lowest BCUT2D eigenvalue weighted by Gasteiger charge is -2.19. The smallest absolute Gasteiger partial charge is 0.303 e.